The lowest BCUT2D eigenvalue weighted by Crippen LogP contribution is -2.60. The molecule has 0 bridgehead atoms. The van der Waals surface area contributed by atoms with Crippen molar-refractivity contribution in [2.75, 3.05) is 34.4 Å². The number of carbonyl (C=O) groups is 1. The molecule has 16 heavy (non-hydrogen) atoms. The number of nitrogens with zero attached hydrogens (tertiary/aromatic N) is 2. The Morgan fingerprint density at radius 2 is 1.69 bits per heavy atom. The number of carbonyl (C=O) groups excluding carboxylic acids is 1. The number of rotatable bonds is 3. The van der Waals surface area contributed by atoms with Gasteiger partial charge in [0.05, 0.1) is 0 Å². The van der Waals surface area contributed by atoms with Crippen LogP contribution in [0.3, 0.4) is 0 Å². The predicted octanol–water partition coefficient (Wildman–Crippen LogP) is 0.964. The van der Waals surface area contributed by atoms with Gasteiger partial charge in [0, 0.05) is 26.3 Å². The largest absolute Gasteiger partial charge is 0.381 e. The summed E-state index contributed by atoms with van der Waals surface area (Å²) in [5.74, 6) is 0.218. The van der Waals surface area contributed by atoms with E-state index in [1.165, 1.54) is 0 Å². The maximum absolute atomic E-state index is 12.5. The van der Waals surface area contributed by atoms with Crippen LogP contribution in [0.5, 0.6) is 0 Å². The topological polar surface area (TPSA) is 32.8 Å². The third-order valence-corrected chi connectivity index (χ3v) is 3.67. The lowest BCUT2D eigenvalue weighted by Gasteiger charge is -2.44. The summed E-state index contributed by atoms with van der Waals surface area (Å²) in [5.41, 5.74) is -0.364. The van der Waals surface area contributed by atoms with E-state index in [0.717, 1.165) is 12.8 Å². The molecule has 1 heterocycles. The zero-order valence-corrected chi connectivity index (χ0v) is 11.1. The summed E-state index contributed by atoms with van der Waals surface area (Å²) in [4.78, 5) is 16.4. The minimum absolute atomic E-state index is 0.218. The first-order chi connectivity index (χ1) is 7.42. The molecule has 1 rings (SSSR count). The fraction of sp³-hybridized carbons (Fsp3) is 0.917. The summed E-state index contributed by atoms with van der Waals surface area (Å²) in [5, 5.41) is 0. The summed E-state index contributed by atoms with van der Waals surface area (Å²) >= 11 is 0. The lowest BCUT2D eigenvalue weighted by molar-refractivity contribution is -0.149. The van der Waals surface area contributed by atoms with Gasteiger partial charge in [0.2, 0.25) is 5.91 Å². The molecule has 0 aromatic heterocycles. The third kappa shape index (κ3) is 2.38. The number of likely N-dealkylation sites (N-methyl/N-ethyl adjacent to an activating group) is 2. The van der Waals surface area contributed by atoms with Gasteiger partial charge in [0.15, 0.2) is 0 Å². The van der Waals surface area contributed by atoms with Gasteiger partial charge >= 0.3 is 0 Å². The van der Waals surface area contributed by atoms with Crippen molar-refractivity contribution in [1.82, 2.24) is 9.80 Å². The molecular weight excluding hydrogens is 204 g/mol. The first kappa shape index (κ1) is 13.5. The minimum Gasteiger partial charge on any atom is -0.381 e. The predicted molar refractivity (Wildman–Crippen MR) is 64.4 cm³/mol. The summed E-state index contributed by atoms with van der Waals surface area (Å²) < 4.78 is 5.37. The molecular formula is C12H24N2O2. The fourth-order valence-corrected chi connectivity index (χ4v) is 2.12. The van der Waals surface area contributed by atoms with E-state index in [0.29, 0.717) is 13.2 Å². The molecule has 0 spiro atoms. The zero-order valence-electron chi connectivity index (χ0n) is 11.1. The molecule has 94 valence electrons. The Morgan fingerprint density at radius 3 is 2.06 bits per heavy atom. The smallest absolute Gasteiger partial charge is 0.243 e. The lowest BCUT2D eigenvalue weighted by atomic mass is 9.87. The van der Waals surface area contributed by atoms with Crippen LogP contribution in [0.4, 0.5) is 0 Å². The van der Waals surface area contributed by atoms with Crippen molar-refractivity contribution < 1.29 is 9.53 Å². The Balaban J connectivity index is 2.88. The van der Waals surface area contributed by atoms with E-state index >= 15 is 0 Å². The molecule has 0 radical (unpaired) electrons. The molecule has 0 aromatic rings. The normalized spacial score (nSPS) is 20.2. The average molecular weight is 228 g/mol. The van der Waals surface area contributed by atoms with Gasteiger partial charge < -0.3 is 9.64 Å². The van der Waals surface area contributed by atoms with Gasteiger partial charge in [-0.3, -0.25) is 9.69 Å². The van der Waals surface area contributed by atoms with Crippen molar-refractivity contribution in [3.63, 3.8) is 0 Å². The van der Waals surface area contributed by atoms with Crippen molar-refractivity contribution in [3.8, 4) is 0 Å². The molecule has 1 amide bonds. The molecule has 4 nitrogen and oxygen atoms in total. The van der Waals surface area contributed by atoms with Crippen LogP contribution >= 0.6 is 0 Å². The van der Waals surface area contributed by atoms with Gasteiger partial charge in [-0.15, -0.1) is 0 Å². The molecule has 1 saturated heterocycles. The van der Waals surface area contributed by atoms with E-state index in [1.54, 1.807) is 0 Å². The molecule has 0 aliphatic carbocycles. The molecule has 0 saturated carbocycles. The van der Waals surface area contributed by atoms with Gasteiger partial charge in [-0.25, -0.2) is 0 Å². The standard InChI is InChI=1S/C12H24N2O2/c1-10(2)14(5)11(15)12(13(3)4)6-8-16-9-7-12/h10H,6-9H2,1-5H3. The van der Waals surface area contributed by atoms with E-state index in [2.05, 4.69) is 4.90 Å². The van der Waals surface area contributed by atoms with Crippen LogP contribution < -0.4 is 0 Å². The van der Waals surface area contributed by atoms with Crippen molar-refractivity contribution in [2.24, 2.45) is 0 Å². The van der Waals surface area contributed by atoms with Crippen LogP contribution in [0.25, 0.3) is 0 Å². The van der Waals surface area contributed by atoms with Crippen LogP contribution in [-0.4, -0.2) is 61.6 Å². The van der Waals surface area contributed by atoms with Crippen LogP contribution in [0.2, 0.25) is 0 Å². The second-order valence-electron chi connectivity index (χ2n) is 5.05. The van der Waals surface area contributed by atoms with Gasteiger partial charge in [-0.05, 0) is 40.8 Å². The summed E-state index contributed by atoms with van der Waals surface area (Å²) in [6.07, 6.45) is 1.58. The first-order valence-corrected chi connectivity index (χ1v) is 5.94. The van der Waals surface area contributed by atoms with Crippen molar-refractivity contribution in [2.45, 2.75) is 38.3 Å². The van der Waals surface area contributed by atoms with Crippen LogP contribution in [-0.2, 0) is 9.53 Å². The van der Waals surface area contributed by atoms with Crippen molar-refractivity contribution >= 4 is 5.91 Å². The summed E-state index contributed by atoms with van der Waals surface area (Å²) in [6, 6.07) is 0.243. The molecule has 1 aliphatic heterocycles. The second kappa shape index (κ2) is 5.15. The molecule has 0 N–H and O–H groups in total. The highest BCUT2D eigenvalue weighted by Crippen LogP contribution is 2.28. The van der Waals surface area contributed by atoms with E-state index in [4.69, 9.17) is 4.74 Å². The first-order valence-electron chi connectivity index (χ1n) is 5.94. The quantitative estimate of drug-likeness (QED) is 0.721. The number of hydrogen-bond donors (Lipinski definition) is 0. The van der Waals surface area contributed by atoms with Crippen LogP contribution in [0.15, 0.2) is 0 Å². The van der Waals surface area contributed by atoms with Crippen molar-refractivity contribution in [3.05, 3.63) is 0 Å². The van der Waals surface area contributed by atoms with Crippen molar-refractivity contribution in [1.29, 1.82) is 0 Å². The summed E-state index contributed by atoms with van der Waals surface area (Å²) in [7, 11) is 5.85. The van der Waals surface area contributed by atoms with Crippen LogP contribution in [0, 0.1) is 0 Å². The summed E-state index contributed by atoms with van der Waals surface area (Å²) in [6.45, 7) is 5.44. The number of hydrogen-bond acceptors (Lipinski definition) is 3. The maximum Gasteiger partial charge on any atom is 0.243 e. The Morgan fingerprint density at radius 1 is 1.19 bits per heavy atom. The Hall–Kier alpha value is -0.610. The monoisotopic (exact) mass is 228 g/mol. The molecule has 4 heteroatoms. The maximum atomic E-state index is 12.5. The second-order valence-corrected chi connectivity index (χ2v) is 5.05. The van der Waals surface area contributed by atoms with E-state index in [1.807, 2.05) is 39.9 Å². The highest BCUT2D eigenvalue weighted by molar-refractivity contribution is 5.86. The van der Waals surface area contributed by atoms with E-state index < -0.39 is 0 Å². The van der Waals surface area contributed by atoms with Gasteiger partial charge in [0.1, 0.15) is 5.54 Å². The molecule has 0 aromatic carbocycles. The average Bonchev–Trinajstić information content (AvgIpc) is 2.27. The SMILES string of the molecule is CC(C)N(C)C(=O)C1(N(C)C)CCOCC1. The minimum atomic E-state index is -0.364. The fourth-order valence-electron chi connectivity index (χ4n) is 2.12. The Kier molecular flexibility index (Phi) is 4.33. The van der Waals surface area contributed by atoms with E-state index in [9.17, 15) is 4.79 Å². The zero-order chi connectivity index (χ0) is 12.3. The molecule has 1 fully saturated rings. The molecule has 1 aliphatic rings. The Labute approximate surface area is 98.5 Å². The van der Waals surface area contributed by atoms with E-state index in [-0.39, 0.29) is 17.5 Å². The highest BCUT2D eigenvalue weighted by Gasteiger charge is 2.44. The van der Waals surface area contributed by atoms with Crippen LogP contribution in [0.1, 0.15) is 26.7 Å². The van der Waals surface area contributed by atoms with Gasteiger partial charge in [-0.1, -0.05) is 0 Å². The number of amides is 1. The molecule has 0 atom stereocenters. The van der Waals surface area contributed by atoms with Gasteiger partial charge in [0.25, 0.3) is 0 Å². The third-order valence-electron chi connectivity index (χ3n) is 3.67. The van der Waals surface area contributed by atoms with Gasteiger partial charge in [-0.2, -0.15) is 0 Å². The Bertz CT molecular complexity index is 245. The number of ether oxygens (including phenoxy) is 1. The highest BCUT2D eigenvalue weighted by atomic mass is 16.5. The molecule has 0 unspecified atom stereocenters.